The van der Waals surface area contributed by atoms with Crippen molar-refractivity contribution in [3.05, 3.63) is 71.4 Å². The Kier molecular flexibility index (Phi) is 5.32. The predicted molar refractivity (Wildman–Crippen MR) is 139 cm³/mol. The van der Waals surface area contributed by atoms with Gasteiger partial charge in [-0.05, 0) is 75.5 Å². The maximum atomic E-state index is 7.21. The minimum Gasteiger partial charge on any atom is -0.486 e. The molecule has 6 rings (SSSR count). The van der Waals surface area contributed by atoms with Crippen LogP contribution in [-0.4, -0.2) is 5.60 Å². The summed E-state index contributed by atoms with van der Waals surface area (Å²) in [7, 11) is 2.20. The molecule has 2 spiro atoms. The molecule has 0 saturated heterocycles. The topological polar surface area (TPSA) is 13.1 Å². The van der Waals surface area contributed by atoms with Crippen molar-refractivity contribution in [1.82, 2.24) is 0 Å². The summed E-state index contributed by atoms with van der Waals surface area (Å²) in [5.41, 5.74) is 9.64. The highest BCUT2D eigenvalue weighted by Gasteiger charge is 2.51. The maximum absolute atomic E-state index is 7.21. The number of aryl methyl sites for hydroxylation is 3. The Hall–Kier alpha value is -2.61. The number of fused-ring (bicyclic) bond motifs is 2. The van der Waals surface area contributed by atoms with Crippen molar-refractivity contribution in [2.24, 2.45) is 7.05 Å². The van der Waals surface area contributed by atoms with Crippen LogP contribution in [0.3, 0.4) is 0 Å². The molecule has 176 valence electrons. The first kappa shape index (κ1) is 21.9. The van der Waals surface area contributed by atoms with Crippen LogP contribution < -0.4 is 9.30 Å². The molecule has 0 amide bonds. The zero-order chi connectivity index (χ0) is 23.3. The first-order valence-corrected chi connectivity index (χ1v) is 13.4. The van der Waals surface area contributed by atoms with Gasteiger partial charge < -0.3 is 4.74 Å². The lowest BCUT2D eigenvalue weighted by atomic mass is 9.64. The Labute approximate surface area is 205 Å². The first-order chi connectivity index (χ1) is 16.5. The van der Waals surface area contributed by atoms with Gasteiger partial charge in [0.15, 0.2) is 6.20 Å². The van der Waals surface area contributed by atoms with Crippen molar-refractivity contribution in [2.45, 2.75) is 89.1 Å². The van der Waals surface area contributed by atoms with E-state index < -0.39 is 0 Å². The first-order valence-electron chi connectivity index (χ1n) is 13.4. The predicted octanol–water partition coefficient (Wildman–Crippen LogP) is 7.76. The van der Waals surface area contributed by atoms with Gasteiger partial charge >= 0.3 is 0 Å². The highest BCUT2D eigenvalue weighted by atomic mass is 16.5. The van der Waals surface area contributed by atoms with Gasteiger partial charge in [-0.15, -0.1) is 0 Å². The Balaban J connectivity index is 1.54. The molecular weight excluding hydrogens is 414 g/mol. The van der Waals surface area contributed by atoms with Crippen LogP contribution in [0.5, 0.6) is 5.75 Å². The second kappa shape index (κ2) is 8.26. The molecule has 3 aliphatic rings. The van der Waals surface area contributed by atoms with E-state index in [0.29, 0.717) is 5.41 Å². The number of nitrogens with zero attached hydrogens (tertiary/aromatic N) is 1. The molecule has 2 nitrogen and oxygen atoms in total. The van der Waals surface area contributed by atoms with Gasteiger partial charge in [0.2, 0.25) is 5.69 Å². The summed E-state index contributed by atoms with van der Waals surface area (Å²) in [5.74, 6) is 1.21. The van der Waals surface area contributed by atoms with Gasteiger partial charge in [0, 0.05) is 22.6 Å². The molecule has 1 aliphatic heterocycles. The third-order valence-corrected chi connectivity index (χ3v) is 9.06. The molecule has 34 heavy (non-hydrogen) atoms. The molecule has 3 aromatic rings. The van der Waals surface area contributed by atoms with Gasteiger partial charge in [-0.1, -0.05) is 61.7 Å². The van der Waals surface area contributed by atoms with Gasteiger partial charge in [0.1, 0.15) is 18.4 Å². The third kappa shape index (κ3) is 3.49. The van der Waals surface area contributed by atoms with E-state index in [2.05, 4.69) is 80.2 Å². The molecule has 2 heteroatoms. The van der Waals surface area contributed by atoms with Gasteiger partial charge in [-0.2, -0.15) is 0 Å². The average Bonchev–Trinajstić information content (AvgIpc) is 3.30. The Morgan fingerprint density at radius 3 is 2.24 bits per heavy atom. The molecule has 0 radical (unpaired) electrons. The van der Waals surface area contributed by atoms with Crippen LogP contribution >= 0.6 is 0 Å². The summed E-state index contributed by atoms with van der Waals surface area (Å²) in [6, 6.07) is 17.9. The smallest absolute Gasteiger partial charge is 0.216 e. The lowest BCUT2D eigenvalue weighted by molar-refractivity contribution is -0.660. The van der Waals surface area contributed by atoms with E-state index in [1.807, 2.05) is 0 Å². The Morgan fingerprint density at radius 1 is 0.794 bits per heavy atom. The molecule has 2 heterocycles. The molecule has 2 fully saturated rings. The molecule has 0 bridgehead atoms. The lowest BCUT2D eigenvalue weighted by Gasteiger charge is -2.50. The Morgan fingerprint density at radius 2 is 1.50 bits per heavy atom. The second-order valence-corrected chi connectivity index (χ2v) is 11.4. The monoisotopic (exact) mass is 452 g/mol. The summed E-state index contributed by atoms with van der Waals surface area (Å²) in [4.78, 5) is 0. The number of hydrogen-bond donors (Lipinski definition) is 0. The number of ether oxygens (including phenoxy) is 1. The largest absolute Gasteiger partial charge is 0.486 e. The molecule has 2 aliphatic carbocycles. The van der Waals surface area contributed by atoms with E-state index in [0.717, 1.165) is 0 Å². The third-order valence-electron chi connectivity index (χ3n) is 9.06. The molecule has 2 aromatic carbocycles. The van der Waals surface area contributed by atoms with E-state index in [9.17, 15) is 0 Å². The standard InChI is InChI=1S/C32H38NO/c1-23-14-15-27-30(34-32(18-8-5-9-19-32)22-31(27)16-10-11-17-31)29(23)28-20-24(2)26(21-33(28)3)25-12-6-4-7-13-25/h4,6-7,12-15,20-21H,5,8-11,16-19,22H2,1-3H3/q+1. The quantitative estimate of drug-likeness (QED) is 0.362. The highest BCUT2D eigenvalue weighted by molar-refractivity contribution is 5.75. The van der Waals surface area contributed by atoms with Crippen LogP contribution in [0.1, 0.15) is 80.9 Å². The fraction of sp³-hybridized carbons (Fsp3) is 0.469. The second-order valence-electron chi connectivity index (χ2n) is 11.4. The number of aromatic nitrogens is 1. The fourth-order valence-electron chi connectivity index (χ4n) is 7.38. The van der Waals surface area contributed by atoms with Crippen molar-refractivity contribution in [2.75, 3.05) is 0 Å². The molecule has 1 aromatic heterocycles. The maximum Gasteiger partial charge on any atom is 0.216 e. The molecule has 2 saturated carbocycles. The molecule has 0 N–H and O–H groups in total. The normalized spacial score (nSPS) is 20.3. The SMILES string of the molecule is Cc1cc(-c2c(C)ccc3c2OC2(CCCCC2)CC32CCCC2)[n+](C)cc1-c1ccccc1. The van der Waals surface area contributed by atoms with Crippen LogP contribution in [0, 0.1) is 13.8 Å². The van der Waals surface area contributed by atoms with Crippen molar-refractivity contribution >= 4 is 0 Å². The fourth-order valence-corrected chi connectivity index (χ4v) is 7.38. The van der Waals surface area contributed by atoms with Gasteiger partial charge in [0.05, 0.1) is 5.56 Å². The number of rotatable bonds is 2. The van der Waals surface area contributed by atoms with E-state index in [-0.39, 0.29) is 5.60 Å². The zero-order valence-corrected chi connectivity index (χ0v) is 21.1. The van der Waals surface area contributed by atoms with Crippen LogP contribution in [-0.2, 0) is 12.5 Å². The molecular formula is C32H38NO+. The summed E-state index contributed by atoms with van der Waals surface area (Å²) >= 11 is 0. The van der Waals surface area contributed by atoms with Crippen LogP contribution in [0.4, 0.5) is 0 Å². The van der Waals surface area contributed by atoms with Crippen LogP contribution in [0.25, 0.3) is 22.4 Å². The van der Waals surface area contributed by atoms with Gasteiger partial charge in [0.25, 0.3) is 0 Å². The average molecular weight is 453 g/mol. The van der Waals surface area contributed by atoms with Crippen molar-refractivity contribution in [3.8, 4) is 28.1 Å². The lowest BCUT2D eigenvalue weighted by Crippen LogP contribution is -2.48. The van der Waals surface area contributed by atoms with E-state index in [1.54, 1.807) is 0 Å². The summed E-state index contributed by atoms with van der Waals surface area (Å²) in [6.45, 7) is 4.52. The summed E-state index contributed by atoms with van der Waals surface area (Å²) in [5, 5.41) is 0. The van der Waals surface area contributed by atoms with E-state index in [1.165, 1.54) is 109 Å². The van der Waals surface area contributed by atoms with Gasteiger partial charge in [-0.3, -0.25) is 0 Å². The summed E-state index contributed by atoms with van der Waals surface area (Å²) < 4.78 is 9.53. The highest BCUT2D eigenvalue weighted by Crippen LogP contribution is 2.58. The van der Waals surface area contributed by atoms with Crippen molar-refractivity contribution in [1.29, 1.82) is 0 Å². The van der Waals surface area contributed by atoms with E-state index >= 15 is 0 Å². The minimum atomic E-state index is 0.0374. The number of pyridine rings is 1. The van der Waals surface area contributed by atoms with Crippen LogP contribution in [0.15, 0.2) is 54.7 Å². The minimum absolute atomic E-state index is 0.0374. The molecule has 0 atom stereocenters. The zero-order valence-electron chi connectivity index (χ0n) is 21.1. The summed E-state index contributed by atoms with van der Waals surface area (Å²) in [6.07, 6.45) is 15.3. The Bertz CT molecular complexity index is 1210. The van der Waals surface area contributed by atoms with Crippen LogP contribution in [0.2, 0.25) is 0 Å². The number of hydrogen-bond acceptors (Lipinski definition) is 1. The number of benzene rings is 2. The van der Waals surface area contributed by atoms with Crippen molar-refractivity contribution < 1.29 is 9.30 Å². The van der Waals surface area contributed by atoms with Crippen molar-refractivity contribution in [3.63, 3.8) is 0 Å². The van der Waals surface area contributed by atoms with E-state index in [4.69, 9.17) is 4.74 Å². The molecule has 0 unspecified atom stereocenters. The van der Waals surface area contributed by atoms with Gasteiger partial charge in [-0.25, -0.2) is 4.57 Å².